The Kier molecular flexibility index (Phi) is 4.40. The van der Waals surface area contributed by atoms with Crippen LogP contribution < -0.4 is 5.32 Å². The van der Waals surface area contributed by atoms with E-state index < -0.39 is 5.54 Å². The van der Waals surface area contributed by atoms with Crippen LogP contribution in [0, 0.1) is 6.92 Å². The Hall–Kier alpha value is -1.16. The Labute approximate surface area is 119 Å². The molecule has 1 aliphatic rings. The van der Waals surface area contributed by atoms with E-state index in [-0.39, 0.29) is 11.2 Å². The van der Waals surface area contributed by atoms with Crippen molar-refractivity contribution >= 4 is 23.4 Å². The van der Waals surface area contributed by atoms with Gasteiger partial charge in [0.25, 0.3) is 0 Å². The highest BCUT2D eigenvalue weighted by Gasteiger charge is 2.46. The standard InChI is InChI=1S/C15H21NO2S/c1-11-5-7-13(8-6-11)16-15(14(17)18-3)9-4-10-19-12(15)2/h5-8,12,16H,4,9-10H2,1-3H3. The van der Waals surface area contributed by atoms with Crippen molar-refractivity contribution in [3.63, 3.8) is 0 Å². The van der Waals surface area contributed by atoms with Gasteiger partial charge in [0.15, 0.2) is 0 Å². The van der Waals surface area contributed by atoms with E-state index in [4.69, 9.17) is 4.74 Å². The molecule has 2 rings (SSSR count). The molecule has 1 N–H and O–H groups in total. The minimum Gasteiger partial charge on any atom is -0.467 e. The smallest absolute Gasteiger partial charge is 0.332 e. The van der Waals surface area contributed by atoms with Crippen molar-refractivity contribution < 1.29 is 9.53 Å². The SMILES string of the molecule is COC(=O)C1(Nc2ccc(C)cc2)CCCSC1C. The largest absolute Gasteiger partial charge is 0.467 e. The molecular weight excluding hydrogens is 258 g/mol. The summed E-state index contributed by atoms with van der Waals surface area (Å²) >= 11 is 1.83. The van der Waals surface area contributed by atoms with Gasteiger partial charge in [-0.05, 0) is 37.7 Å². The molecule has 1 saturated heterocycles. The maximum atomic E-state index is 12.3. The summed E-state index contributed by atoms with van der Waals surface area (Å²) in [5.41, 5.74) is 1.58. The zero-order chi connectivity index (χ0) is 13.9. The van der Waals surface area contributed by atoms with Gasteiger partial charge < -0.3 is 10.1 Å². The molecule has 0 aliphatic carbocycles. The fourth-order valence-corrected chi connectivity index (χ4v) is 3.74. The quantitative estimate of drug-likeness (QED) is 0.862. The molecule has 1 fully saturated rings. The molecule has 0 radical (unpaired) electrons. The molecule has 3 nitrogen and oxygen atoms in total. The highest BCUT2D eigenvalue weighted by Crippen LogP contribution is 2.37. The normalized spacial score (nSPS) is 26.8. The number of hydrogen-bond acceptors (Lipinski definition) is 4. The van der Waals surface area contributed by atoms with Crippen molar-refractivity contribution in [2.75, 3.05) is 18.2 Å². The number of benzene rings is 1. The minimum absolute atomic E-state index is 0.159. The van der Waals surface area contributed by atoms with Crippen LogP contribution in [0.5, 0.6) is 0 Å². The minimum atomic E-state index is -0.604. The lowest BCUT2D eigenvalue weighted by Gasteiger charge is -2.40. The Morgan fingerprint density at radius 2 is 2.11 bits per heavy atom. The molecular formula is C15H21NO2S. The third kappa shape index (κ3) is 2.89. The van der Waals surface area contributed by atoms with Crippen LogP contribution >= 0.6 is 11.8 Å². The average molecular weight is 279 g/mol. The van der Waals surface area contributed by atoms with Gasteiger partial charge in [-0.25, -0.2) is 4.79 Å². The van der Waals surface area contributed by atoms with Gasteiger partial charge in [0.1, 0.15) is 5.54 Å². The fraction of sp³-hybridized carbons (Fsp3) is 0.533. The van der Waals surface area contributed by atoms with Crippen molar-refractivity contribution in [3.05, 3.63) is 29.8 Å². The molecule has 0 saturated carbocycles. The van der Waals surface area contributed by atoms with Gasteiger partial charge in [0.2, 0.25) is 0 Å². The molecule has 0 amide bonds. The van der Waals surface area contributed by atoms with Crippen molar-refractivity contribution in [1.82, 2.24) is 0 Å². The maximum absolute atomic E-state index is 12.3. The lowest BCUT2D eigenvalue weighted by Crippen LogP contribution is -2.55. The molecule has 0 bridgehead atoms. The lowest BCUT2D eigenvalue weighted by molar-refractivity contribution is -0.146. The third-order valence-electron chi connectivity index (χ3n) is 3.75. The number of rotatable bonds is 3. The lowest BCUT2D eigenvalue weighted by atomic mass is 9.89. The van der Waals surface area contributed by atoms with E-state index in [1.165, 1.54) is 12.7 Å². The highest BCUT2D eigenvalue weighted by molar-refractivity contribution is 8.00. The number of carbonyl (C=O) groups is 1. The highest BCUT2D eigenvalue weighted by atomic mass is 32.2. The number of esters is 1. The van der Waals surface area contributed by atoms with E-state index in [1.54, 1.807) is 0 Å². The number of ether oxygens (including phenoxy) is 1. The van der Waals surface area contributed by atoms with Gasteiger partial charge in [-0.3, -0.25) is 0 Å². The van der Waals surface area contributed by atoms with Crippen LogP contribution in [0.3, 0.4) is 0 Å². The molecule has 19 heavy (non-hydrogen) atoms. The monoisotopic (exact) mass is 279 g/mol. The van der Waals surface area contributed by atoms with Crippen LogP contribution in [0.25, 0.3) is 0 Å². The van der Waals surface area contributed by atoms with Crippen LogP contribution in [0.4, 0.5) is 5.69 Å². The summed E-state index contributed by atoms with van der Waals surface area (Å²) < 4.78 is 5.04. The van der Waals surface area contributed by atoms with Crippen LogP contribution in [-0.2, 0) is 9.53 Å². The van der Waals surface area contributed by atoms with Gasteiger partial charge in [0, 0.05) is 10.9 Å². The van der Waals surface area contributed by atoms with Crippen LogP contribution in [0.2, 0.25) is 0 Å². The Bertz CT molecular complexity index is 446. The molecule has 4 heteroatoms. The predicted octanol–water partition coefficient (Wildman–Crippen LogP) is 3.23. The average Bonchev–Trinajstić information content (AvgIpc) is 2.43. The van der Waals surface area contributed by atoms with Crippen LogP contribution in [0.1, 0.15) is 25.3 Å². The Morgan fingerprint density at radius 1 is 1.42 bits per heavy atom. The Balaban J connectivity index is 2.27. The second-order valence-corrected chi connectivity index (χ2v) is 6.52. The van der Waals surface area contributed by atoms with Gasteiger partial charge in [-0.2, -0.15) is 11.8 Å². The molecule has 1 aliphatic heterocycles. The number of aryl methyl sites for hydroxylation is 1. The first kappa shape index (κ1) is 14.3. The summed E-state index contributed by atoms with van der Waals surface area (Å²) in [4.78, 5) is 12.3. The predicted molar refractivity (Wildman–Crippen MR) is 80.7 cm³/mol. The summed E-state index contributed by atoms with van der Waals surface area (Å²) in [5.74, 6) is 0.947. The molecule has 1 aromatic carbocycles. The zero-order valence-electron chi connectivity index (χ0n) is 11.7. The number of anilines is 1. The van der Waals surface area contributed by atoms with E-state index in [2.05, 4.69) is 19.2 Å². The van der Waals surface area contributed by atoms with Crippen LogP contribution in [0.15, 0.2) is 24.3 Å². The molecule has 2 atom stereocenters. The van der Waals surface area contributed by atoms with Gasteiger partial charge in [0.05, 0.1) is 7.11 Å². The van der Waals surface area contributed by atoms with Crippen molar-refractivity contribution in [2.24, 2.45) is 0 Å². The molecule has 0 spiro atoms. The molecule has 0 aromatic heterocycles. The Morgan fingerprint density at radius 3 is 2.68 bits per heavy atom. The number of carbonyl (C=O) groups excluding carboxylic acids is 1. The summed E-state index contributed by atoms with van der Waals surface area (Å²) in [7, 11) is 1.47. The zero-order valence-corrected chi connectivity index (χ0v) is 12.5. The number of hydrogen-bond donors (Lipinski definition) is 1. The number of thioether (sulfide) groups is 1. The van der Waals surface area contributed by atoms with Gasteiger partial charge in [-0.15, -0.1) is 0 Å². The summed E-state index contributed by atoms with van der Waals surface area (Å²) in [6.07, 6.45) is 1.85. The molecule has 104 valence electrons. The first-order valence-corrected chi connectivity index (χ1v) is 7.68. The molecule has 1 aromatic rings. The fourth-order valence-electron chi connectivity index (χ4n) is 2.52. The number of nitrogens with one attached hydrogen (secondary N) is 1. The number of methoxy groups -OCH3 is 1. The van der Waals surface area contributed by atoms with Gasteiger partial charge >= 0.3 is 5.97 Å². The second kappa shape index (κ2) is 5.87. The summed E-state index contributed by atoms with van der Waals surface area (Å²) in [6, 6.07) is 8.14. The van der Waals surface area contributed by atoms with Crippen molar-refractivity contribution in [2.45, 2.75) is 37.5 Å². The van der Waals surface area contributed by atoms with Crippen molar-refractivity contribution in [3.8, 4) is 0 Å². The second-order valence-electron chi connectivity index (χ2n) is 5.07. The van der Waals surface area contributed by atoms with Crippen LogP contribution in [-0.4, -0.2) is 29.6 Å². The van der Waals surface area contributed by atoms with E-state index in [0.29, 0.717) is 0 Å². The van der Waals surface area contributed by atoms with E-state index >= 15 is 0 Å². The van der Waals surface area contributed by atoms with E-state index in [0.717, 1.165) is 24.3 Å². The third-order valence-corrected chi connectivity index (χ3v) is 5.17. The van der Waals surface area contributed by atoms with Crippen molar-refractivity contribution in [1.29, 1.82) is 0 Å². The molecule has 1 heterocycles. The molecule has 2 unspecified atom stereocenters. The van der Waals surface area contributed by atoms with E-state index in [9.17, 15) is 4.79 Å². The summed E-state index contributed by atoms with van der Waals surface area (Å²) in [5, 5.41) is 3.63. The first-order valence-electron chi connectivity index (χ1n) is 6.63. The first-order chi connectivity index (χ1) is 9.08. The maximum Gasteiger partial charge on any atom is 0.332 e. The van der Waals surface area contributed by atoms with E-state index in [1.807, 2.05) is 36.0 Å². The summed E-state index contributed by atoms with van der Waals surface area (Å²) in [6.45, 7) is 4.15. The topological polar surface area (TPSA) is 38.3 Å². The van der Waals surface area contributed by atoms with Gasteiger partial charge in [-0.1, -0.05) is 24.6 Å².